The summed E-state index contributed by atoms with van der Waals surface area (Å²) in [5.74, 6) is -1.18. The van der Waals surface area contributed by atoms with E-state index in [2.05, 4.69) is 10.1 Å². The molecular weight excluding hydrogens is 335 g/mol. The zero-order chi connectivity index (χ0) is 16.8. The Morgan fingerprint density at radius 1 is 1.22 bits per heavy atom. The minimum Gasteiger partial charge on any atom is -0.484 e. The molecule has 122 valence electrons. The Hall–Kier alpha value is -2.41. The summed E-state index contributed by atoms with van der Waals surface area (Å²) >= 11 is 5.59. The minimum atomic E-state index is -3.01. The highest BCUT2D eigenvalue weighted by Gasteiger charge is 2.12. The molecule has 23 heavy (non-hydrogen) atoms. The van der Waals surface area contributed by atoms with Crippen LogP contribution in [0.5, 0.6) is 11.5 Å². The van der Waals surface area contributed by atoms with Crippen LogP contribution in [0.25, 0.3) is 0 Å². The molecule has 0 aromatic heterocycles. The summed E-state index contributed by atoms with van der Waals surface area (Å²) in [6.07, 6.45) is 0. The molecule has 4 nitrogen and oxygen atoms in total. The average Bonchev–Trinajstić information content (AvgIpc) is 2.50. The first-order valence-electron chi connectivity index (χ1n) is 6.37. The molecule has 8 heteroatoms. The normalized spacial score (nSPS) is 10.5. The maximum Gasteiger partial charge on any atom is 0.387 e. The van der Waals surface area contributed by atoms with E-state index in [9.17, 15) is 18.0 Å². The number of ether oxygens (including phenoxy) is 2. The lowest BCUT2D eigenvalue weighted by Gasteiger charge is -2.12. The van der Waals surface area contributed by atoms with Gasteiger partial charge < -0.3 is 14.8 Å². The van der Waals surface area contributed by atoms with Crippen molar-refractivity contribution < 1.29 is 27.4 Å². The number of hydrogen-bond acceptors (Lipinski definition) is 3. The van der Waals surface area contributed by atoms with E-state index in [1.807, 2.05) is 0 Å². The van der Waals surface area contributed by atoms with Crippen LogP contribution in [-0.4, -0.2) is 19.1 Å². The van der Waals surface area contributed by atoms with E-state index in [0.717, 1.165) is 6.07 Å². The van der Waals surface area contributed by atoms with Crippen molar-refractivity contribution >= 4 is 23.2 Å². The van der Waals surface area contributed by atoms with Crippen molar-refractivity contribution in [2.75, 3.05) is 11.9 Å². The summed E-state index contributed by atoms with van der Waals surface area (Å²) in [6.45, 7) is -3.42. The van der Waals surface area contributed by atoms with E-state index in [1.165, 1.54) is 30.3 Å². The molecule has 0 aliphatic carbocycles. The Kier molecular flexibility index (Phi) is 5.70. The number of hydrogen-bond donors (Lipinski definition) is 1. The molecule has 0 aliphatic rings. The fraction of sp³-hybridized carbons (Fsp3) is 0.133. The predicted octanol–water partition coefficient (Wildman–Crippen LogP) is 4.10. The van der Waals surface area contributed by atoms with Gasteiger partial charge in [-0.1, -0.05) is 23.7 Å². The number of anilines is 1. The van der Waals surface area contributed by atoms with Crippen LogP contribution in [0.15, 0.2) is 42.5 Å². The molecule has 1 amide bonds. The summed E-state index contributed by atoms with van der Waals surface area (Å²) in [5, 5.41) is 2.24. The van der Waals surface area contributed by atoms with E-state index in [-0.39, 0.29) is 22.2 Å². The largest absolute Gasteiger partial charge is 0.484 e. The molecule has 0 bridgehead atoms. The highest BCUT2D eigenvalue weighted by atomic mass is 35.5. The van der Waals surface area contributed by atoms with E-state index in [4.69, 9.17) is 16.3 Å². The van der Waals surface area contributed by atoms with Gasteiger partial charge in [0.1, 0.15) is 17.3 Å². The van der Waals surface area contributed by atoms with E-state index < -0.39 is 24.9 Å². The zero-order valence-electron chi connectivity index (χ0n) is 11.6. The number of halogens is 4. The Balaban J connectivity index is 1.96. The van der Waals surface area contributed by atoms with Gasteiger partial charge in [0.05, 0.1) is 10.7 Å². The van der Waals surface area contributed by atoms with Crippen molar-refractivity contribution in [2.45, 2.75) is 6.61 Å². The van der Waals surface area contributed by atoms with Gasteiger partial charge >= 0.3 is 6.61 Å². The average molecular weight is 346 g/mol. The maximum atomic E-state index is 13.0. The molecule has 2 aromatic rings. The number of nitrogens with one attached hydrogen (secondary N) is 1. The van der Waals surface area contributed by atoms with Crippen molar-refractivity contribution in [1.29, 1.82) is 0 Å². The number of benzene rings is 2. The van der Waals surface area contributed by atoms with Gasteiger partial charge in [0.25, 0.3) is 5.91 Å². The zero-order valence-corrected chi connectivity index (χ0v) is 12.3. The van der Waals surface area contributed by atoms with Crippen LogP contribution in [0, 0.1) is 5.82 Å². The lowest BCUT2D eigenvalue weighted by molar-refractivity contribution is -0.118. The molecule has 0 saturated carbocycles. The second kappa shape index (κ2) is 7.73. The van der Waals surface area contributed by atoms with E-state index in [1.54, 1.807) is 6.07 Å². The van der Waals surface area contributed by atoms with Gasteiger partial charge in [-0.2, -0.15) is 8.78 Å². The second-order valence-electron chi connectivity index (χ2n) is 4.29. The lowest BCUT2D eigenvalue weighted by atomic mass is 10.3. The first-order chi connectivity index (χ1) is 11.0. The minimum absolute atomic E-state index is 0.0820. The summed E-state index contributed by atoms with van der Waals surface area (Å²) in [5.41, 5.74) is 0.0820. The van der Waals surface area contributed by atoms with Gasteiger partial charge in [0.15, 0.2) is 6.61 Å². The Morgan fingerprint density at radius 2 is 1.96 bits per heavy atom. The van der Waals surface area contributed by atoms with Crippen LogP contribution in [-0.2, 0) is 4.79 Å². The fourth-order valence-corrected chi connectivity index (χ4v) is 1.84. The van der Waals surface area contributed by atoms with Gasteiger partial charge in [-0.05, 0) is 24.3 Å². The molecule has 0 atom stereocenters. The third-order valence-corrected chi connectivity index (χ3v) is 2.93. The molecular formula is C15H11ClF3NO3. The standard InChI is InChI=1S/C15H11ClF3NO3/c16-10-7-9(5-6-11(10)17)22-8-14(21)20-12-3-1-2-4-13(12)23-15(18)19/h1-7,15H,8H2,(H,20,21). The molecule has 0 spiro atoms. The number of carbonyl (C=O) groups is 1. The summed E-state index contributed by atoms with van der Waals surface area (Å²) < 4.78 is 47.0. The topological polar surface area (TPSA) is 47.6 Å². The van der Waals surface area contributed by atoms with Crippen molar-refractivity contribution in [1.82, 2.24) is 0 Å². The number of amides is 1. The van der Waals surface area contributed by atoms with Crippen LogP contribution in [0.4, 0.5) is 18.9 Å². The third-order valence-electron chi connectivity index (χ3n) is 2.64. The van der Waals surface area contributed by atoms with E-state index in [0.29, 0.717) is 0 Å². The van der Waals surface area contributed by atoms with Crippen molar-refractivity contribution in [3.05, 3.63) is 53.3 Å². The molecule has 2 aromatic carbocycles. The monoisotopic (exact) mass is 345 g/mol. The van der Waals surface area contributed by atoms with Crippen LogP contribution in [0.3, 0.4) is 0 Å². The second-order valence-corrected chi connectivity index (χ2v) is 4.69. The van der Waals surface area contributed by atoms with Crippen LogP contribution in [0.1, 0.15) is 0 Å². The number of alkyl halides is 2. The molecule has 0 aliphatic heterocycles. The quantitative estimate of drug-likeness (QED) is 0.857. The Bertz CT molecular complexity index is 697. The lowest BCUT2D eigenvalue weighted by Crippen LogP contribution is -2.20. The highest BCUT2D eigenvalue weighted by Crippen LogP contribution is 2.25. The highest BCUT2D eigenvalue weighted by molar-refractivity contribution is 6.30. The molecule has 0 saturated heterocycles. The summed E-state index contributed by atoms with van der Waals surface area (Å²) in [4.78, 5) is 11.8. The van der Waals surface area contributed by atoms with E-state index >= 15 is 0 Å². The Morgan fingerprint density at radius 3 is 2.65 bits per heavy atom. The summed E-state index contributed by atoms with van der Waals surface area (Å²) in [6, 6.07) is 9.37. The van der Waals surface area contributed by atoms with Crippen LogP contribution in [0.2, 0.25) is 5.02 Å². The smallest absolute Gasteiger partial charge is 0.387 e. The molecule has 1 N–H and O–H groups in total. The predicted molar refractivity (Wildman–Crippen MR) is 78.6 cm³/mol. The number of carbonyl (C=O) groups excluding carboxylic acids is 1. The Labute approximate surface area is 134 Å². The third kappa shape index (κ3) is 5.07. The van der Waals surface area contributed by atoms with Crippen molar-refractivity contribution in [3.8, 4) is 11.5 Å². The van der Waals surface area contributed by atoms with Gasteiger partial charge in [-0.3, -0.25) is 4.79 Å². The SMILES string of the molecule is O=C(COc1ccc(F)c(Cl)c1)Nc1ccccc1OC(F)F. The summed E-state index contributed by atoms with van der Waals surface area (Å²) in [7, 11) is 0. The molecule has 0 unspecified atom stereocenters. The number of rotatable bonds is 6. The maximum absolute atomic E-state index is 13.0. The molecule has 2 rings (SSSR count). The van der Waals surface area contributed by atoms with Gasteiger partial charge in [-0.15, -0.1) is 0 Å². The van der Waals surface area contributed by atoms with Crippen LogP contribution >= 0.6 is 11.6 Å². The van der Waals surface area contributed by atoms with Crippen molar-refractivity contribution in [2.24, 2.45) is 0 Å². The number of para-hydroxylation sites is 2. The molecule has 0 radical (unpaired) electrons. The van der Waals surface area contributed by atoms with Gasteiger partial charge in [0, 0.05) is 6.07 Å². The first kappa shape index (κ1) is 17.0. The van der Waals surface area contributed by atoms with Crippen LogP contribution < -0.4 is 14.8 Å². The van der Waals surface area contributed by atoms with Gasteiger partial charge in [0.2, 0.25) is 0 Å². The molecule has 0 fully saturated rings. The molecule has 0 heterocycles. The van der Waals surface area contributed by atoms with Crippen molar-refractivity contribution in [3.63, 3.8) is 0 Å². The first-order valence-corrected chi connectivity index (χ1v) is 6.75. The fourth-order valence-electron chi connectivity index (χ4n) is 1.67. The van der Waals surface area contributed by atoms with Gasteiger partial charge in [-0.25, -0.2) is 4.39 Å².